The van der Waals surface area contributed by atoms with Crippen molar-refractivity contribution in [3.63, 3.8) is 0 Å². The Hall–Kier alpha value is -2.25. The van der Waals surface area contributed by atoms with Crippen LogP contribution in [0.5, 0.6) is 0 Å². The number of anilines is 1. The van der Waals surface area contributed by atoms with E-state index in [0.29, 0.717) is 18.4 Å². The minimum Gasteiger partial charge on any atom is -0.383 e. The lowest BCUT2D eigenvalue weighted by molar-refractivity contribution is -0.126. The molecule has 2 aliphatic carbocycles. The number of ether oxygens (including phenoxy) is 1. The second-order valence-electron chi connectivity index (χ2n) is 10.3. The minimum absolute atomic E-state index is 0.0821. The molecule has 4 rings (SSSR count). The second-order valence-corrected chi connectivity index (χ2v) is 10.3. The normalized spacial score (nSPS) is 28.1. The molecular weight excluding hydrogens is 428 g/mol. The molecule has 4 N–H and O–H groups in total. The first-order valence-corrected chi connectivity index (χ1v) is 12.9. The van der Waals surface area contributed by atoms with Crippen LogP contribution < -0.4 is 11.1 Å². The van der Waals surface area contributed by atoms with Gasteiger partial charge >= 0.3 is 0 Å². The van der Waals surface area contributed by atoms with Crippen LogP contribution in [-0.4, -0.2) is 46.3 Å². The number of nitrogens with one attached hydrogen (secondary N) is 1. The van der Waals surface area contributed by atoms with E-state index < -0.39 is 12.0 Å². The summed E-state index contributed by atoms with van der Waals surface area (Å²) in [6.45, 7) is 5.92. The van der Waals surface area contributed by atoms with Crippen LogP contribution in [-0.2, 0) is 9.53 Å². The number of allylic oxidation sites excluding steroid dienone is 3. The topological polar surface area (TPSA) is 110 Å². The van der Waals surface area contributed by atoms with Gasteiger partial charge in [0.05, 0.1) is 12.3 Å². The average Bonchev–Trinajstić information content (AvgIpc) is 2.99. The first-order valence-electron chi connectivity index (χ1n) is 12.9. The quantitative estimate of drug-likeness (QED) is 0.515. The van der Waals surface area contributed by atoms with Gasteiger partial charge in [-0.1, -0.05) is 17.2 Å². The van der Waals surface area contributed by atoms with Crippen molar-refractivity contribution in [3.8, 4) is 0 Å². The van der Waals surface area contributed by atoms with Gasteiger partial charge in [0.1, 0.15) is 18.2 Å². The van der Waals surface area contributed by atoms with Crippen LogP contribution in [0, 0.1) is 18.8 Å². The number of aryl methyl sites for hydroxylation is 1. The van der Waals surface area contributed by atoms with Crippen molar-refractivity contribution in [1.82, 2.24) is 9.97 Å². The highest BCUT2D eigenvalue weighted by molar-refractivity contribution is 5.82. The van der Waals surface area contributed by atoms with Gasteiger partial charge in [0, 0.05) is 18.2 Å². The predicted molar refractivity (Wildman–Crippen MR) is 134 cm³/mol. The highest BCUT2D eigenvalue weighted by atomic mass is 16.5. The minimum atomic E-state index is -1.13. The maximum Gasteiger partial charge on any atom is 0.246 e. The SMILES string of the molecule is CC1=C(c2c(C)ncnc2NC2CCC(C=C3CCCOCC3)CC2)C(CC(O)C(N)=O)CC1. The molecule has 2 heterocycles. The summed E-state index contributed by atoms with van der Waals surface area (Å²) in [5.41, 5.74) is 11.4. The molecule has 0 radical (unpaired) electrons. The Balaban J connectivity index is 1.45. The van der Waals surface area contributed by atoms with Crippen LogP contribution in [0.15, 0.2) is 23.5 Å². The average molecular weight is 469 g/mol. The summed E-state index contributed by atoms with van der Waals surface area (Å²) in [6, 6.07) is 0.386. The summed E-state index contributed by atoms with van der Waals surface area (Å²) in [6.07, 6.45) is 13.3. The van der Waals surface area contributed by atoms with Gasteiger partial charge in [-0.15, -0.1) is 0 Å². The maximum absolute atomic E-state index is 11.5. The fraction of sp³-hybridized carbons (Fsp3) is 0.667. The fourth-order valence-electron chi connectivity index (χ4n) is 5.92. The molecule has 1 aliphatic heterocycles. The van der Waals surface area contributed by atoms with Crippen molar-refractivity contribution in [2.75, 3.05) is 18.5 Å². The molecule has 7 nitrogen and oxygen atoms in total. The van der Waals surface area contributed by atoms with Gasteiger partial charge in [-0.2, -0.15) is 0 Å². The van der Waals surface area contributed by atoms with E-state index in [9.17, 15) is 9.90 Å². The van der Waals surface area contributed by atoms with Crippen LogP contribution >= 0.6 is 0 Å². The molecule has 1 saturated carbocycles. The first-order chi connectivity index (χ1) is 16.4. The number of nitrogens with zero attached hydrogens (tertiary/aromatic N) is 2. The number of amides is 1. The molecule has 2 unspecified atom stereocenters. The summed E-state index contributed by atoms with van der Waals surface area (Å²) in [5.74, 6) is 0.965. The van der Waals surface area contributed by atoms with Crippen molar-refractivity contribution < 1.29 is 14.6 Å². The van der Waals surface area contributed by atoms with Crippen molar-refractivity contribution in [2.24, 2.45) is 17.6 Å². The molecule has 2 fully saturated rings. The van der Waals surface area contributed by atoms with Gasteiger partial charge < -0.3 is 20.9 Å². The number of aliphatic hydroxyl groups excluding tert-OH is 1. The van der Waals surface area contributed by atoms with E-state index in [1.165, 1.54) is 30.4 Å². The standard InChI is InChI=1S/C27H40N4O3/c1-17-5-8-21(15-23(32)26(28)33)24(17)25-18(2)29-16-30-27(25)31-22-9-6-20(7-10-22)14-19-4-3-12-34-13-11-19/h14,16,20-23,32H,3-13,15H2,1-2H3,(H2,28,33)(H,29,30,31). The van der Waals surface area contributed by atoms with Crippen molar-refractivity contribution in [1.29, 1.82) is 0 Å². The second kappa shape index (κ2) is 11.5. The van der Waals surface area contributed by atoms with Crippen molar-refractivity contribution in [3.05, 3.63) is 34.8 Å². The van der Waals surface area contributed by atoms with E-state index in [1.807, 2.05) is 6.92 Å². The Labute approximate surface area is 203 Å². The lowest BCUT2D eigenvalue weighted by Gasteiger charge is -2.30. The third kappa shape index (κ3) is 6.05. The zero-order chi connectivity index (χ0) is 24.1. The number of rotatable bonds is 7. The maximum atomic E-state index is 11.5. The number of hydrogen-bond donors (Lipinski definition) is 3. The third-order valence-corrected chi connectivity index (χ3v) is 7.82. The lowest BCUT2D eigenvalue weighted by Crippen LogP contribution is -2.30. The third-order valence-electron chi connectivity index (χ3n) is 7.82. The molecule has 186 valence electrons. The molecule has 3 aliphatic rings. The largest absolute Gasteiger partial charge is 0.383 e. The smallest absolute Gasteiger partial charge is 0.246 e. The van der Waals surface area contributed by atoms with Crippen molar-refractivity contribution >= 4 is 17.3 Å². The number of aliphatic hydroxyl groups is 1. The monoisotopic (exact) mass is 468 g/mol. The van der Waals surface area contributed by atoms with Gasteiger partial charge in [-0.25, -0.2) is 9.97 Å². The highest BCUT2D eigenvalue weighted by Gasteiger charge is 2.32. The molecule has 0 spiro atoms. The molecule has 1 saturated heterocycles. The van der Waals surface area contributed by atoms with E-state index in [1.54, 1.807) is 11.9 Å². The van der Waals surface area contributed by atoms with E-state index >= 15 is 0 Å². The number of carbonyl (C=O) groups is 1. The van der Waals surface area contributed by atoms with E-state index in [4.69, 9.17) is 10.5 Å². The van der Waals surface area contributed by atoms with Crippen LogP contribution in [0.3, 0.4) is 0 Å². The highest BCUT2D eigenvalue weighted by Crippen LogP contribution is 2.44. The molecule has 34 heavy (non-hydrogen) atoms. The van der Waals surface area contributed by atoms with Crippen molar-refractivity contribution in [2.45, 2.75) is 90.2 Å². The molecule has 7 heteroatoms. The van der Waals surface area contributed by atoms with E-state index in [0.717, 1.165) is 68.8 Å². The summed E-state index contributed by atoms with van der Waals surface area (Å²) in [5, 5.41) is 13.9. The molecule has 1 aromatic rings. The summed E-state index contributed by atoms with van der Waals surface area (Å²) >= 11 is 0. The first kappa shape index (κ1) is 24.9. The van der Waals surface area contributed by atoms with Gasteiger partial charge in [0.15, 0.2) is 0 Å². The Morgan fingerprint density at radius 2 is 1.97 bits per heavy atom. The predicted octanol–water partition coefficient (Wildman–Crippen LogP) is 4.30. The Morgan fingerprint density at radius 1 is 1.18 bits per heavy atom. The lowest BCUT2D eigenvalue weighted by atomic mass is 9.84. The molecule has 2 atom stereocenters. The van der Waals surface area contributed by atoms with E-state index in [2.05, 4.69) is 28.3 Å². The van der Waals surface area contributed by atoms with Crippen LogP contribution in [0.25, 0.3) is 5.57 Å². The van der Waals surface area contributed by atoms with Gasteiger partial charge in [-0.3, -0.25) is 4.79 Å². The number of hydrogen-bond acceptors (Lipinski definition) is 6. The Bertz CT molecular complexity index is 924. The van der Waals surface area contributed by atoms with Crippen LogP contribution in [0.1, 0.15) is 82.4 Å². The number of aromatic nitrogens is 2. The zero-order valence-electron chi connectivity index (χ0n) is 20.7. The summed E-state index contributed by atoms with van der Waals surface area (Å²) in [4.78, 5) is 20.6. The summed E-state index contributed by atoms with van der Waals surface area (Å²) in [7, 11) is 0. The molecule has 0 aromatic carbocycles. The number of primary amides is 1. The van der Waals surface area contributed by atoms with Gasteiger partial charge in [0.25, 0.3) is 0 Å². The number of nitrogens with two attached hydrogens (primary N) is 1. The molecule has 0 bridgehead atoms. The molecular formula is C27H40N4O3. The zero-order valence-corrected chi connectivity index (χ0v) is 20.7. The fourth-order valence-corrected chi connectivity index (χ4v) is 5.92. The van der Waals surface area contributed by atoms with Gasteiger partial charge in [-0.05, 0) is 95.5 Å². The number of carbonyl (C=O) groups excluding carboxylic acids is 1. The Kier molecular flexibility index (Phi) is 8.37. The molecule has 1 amide bonds. The van der Waals surface area contributed by atoms with Gasteiger partial charge in [0.2, 0.25) is 5.91 Å². The molecule has 1 aromatic heterocycles. The van der Waals surface area contributed by atoms with E-state index in [-0.39, 0.29) is 5.92 Å². The van der Waals surface area contributed by atoms with Crippen LogP contribution in [0.2, 0.25) is 0 Å². The Morgan fingerprint density at radius 3 is 2.74 bits per heavy atom. The summed E-state index contributed by atoms with van der Waals surface area (Å²) < 4.78 is 5.60. The van der Waals surface area contributed by atoms with Crippen LogP contribution in [0.4, 0.5) is 5.82 Å².